The van der Waals surface area contributed by atoms with E-state index in [1.807, 2.05) is 0 Å². The van der Waals surface area contributed by atoms with E-state index in [-0.39, 0.29) is 6.61 Å². The number of hydrogen-bond donors (Lipinski definition) is 1. The van der Waals surface area contributed by atoms with Gasteiger partial charge in [-0.2, -0.15) is 0 Å². The van der Waals surface area contributed by atoms with Crippen molar-refractivity contribution in [2.75, 3.05) is 6.61 Å². The molecule has 0 radical (unpaired) electrons. The summed E-state index contributed by atoms with van der Waals surface area (Å²) in [6.07, 6.45) is 0. The maximum absolute atomic E-state index is 8.99. The Morgan fingerprint density at radius 3 is 2.86 bits per heavy atom. The monoisotopic (exact) mass is 275 g/mol. The summed E-state index contributed by atoms with van der Waals surface area (Å²) in [7, 11) is 0. The molecule has 0 amide bonds. The molecular formula is C8H7BrClN3O. The van der Waals surface area contributed by atoms with E-state index in [4.69, 9.17) is 22.2 Å². The summed E-state index contributed by atoms with van der Waals surface area (Å²) in [5.74, 6) is 0. The molecule has 0 aromatic heterocycles. The Morgan fingerprint density at radius 1 is 1.64 bits per heavy atom. The fourth-order valence-electron chi connectivity index (χ4n) is 1.03. The molecule has 0 aliphatic heterocycles. The first-order valence-electron chi connectivity index (χ1n) is 3.79. The number of benzene rings is 1. The average Bonchev–Trinajstić information content (AvgIpc) is 2.15. The van der Waals surface area contributed by atoms with Crippen molar-refractivity contribution in [3.05, 3.63) is 43.7 Å². The van der Waals surface area contributed by atoms with Crippen LogP contribution in [0.25, 0.3) is 10.4 Å². The van der Waals surface area contributed by atoms with Gasteiger partial charge in [-0.25, -0.2) is 0 Å². The van der Waals surface area contributed by atoms with E-state index in [1.54, 1.807) is 18.2 Å². The molecule has 1 aromatic carbocycles. The van der Waals surface area contributed by atoms with E-state index in [9.17, 15) is 0 Å². The molecule has 1 atom stereocenters. The van der Waals surface area contributed by atoms with E-state index in [0.717, 1.165) is 10.0 Å². The molecule has 0 aliphatic carbocycles. The molecule has 0 spiro atoms. The third-order valence-electron chi connectivity index (χ3n) is 1.69. The molecule has 0 bridgehead atoms. The fraction of sp³-hybridized carbons (Fsp3) is 0.250. The summed E-state index contributed by atoms with van der Waals surface area (Å²) >= 11 is 9.03. The molecule has 1 aromatic rings. The molecule has 1 unspecified atom stereocenters. The van der Waals surface area contributed by atoms with Crippen molar-refractivity contribution < 1.29 is 5.11 Å². The lowest BCUT2D eigenvalue weighted by molar-refractivity contribution is 0.267. The molecule has 74 valence electrons. The zero-order valence-electron chi connectivity index (χ0n) is 7.06. The second kappa shape index (κ2) is 5.22. The number of rotatable bonds is 3. The van der Waals surface area contributed by atoms with Gasteiger partial charge in [0, 0.05) is 14.4 Å². The fourth-order valence-corrected chi connectivity index (χ4v) is 1.98. The van der Waals surface area contributed by atoms with E-state index in [1.165, 1.54) is 0 Å². The van der Waals surface area contributed by atoms with Gasteiger partial charge in [0.25, 0.3) is 0 Å². The van der Waals surface area contributed by atoms with Gasteiger partial charge in [-0.15, -0.1) is 0 Å². The van der Waals surface area contributed by atoms with Crippen LogP contribution in [0.3, 0.4) is 0 Å². The van der Waals surface area contributed by atoms with Crippen LogP contribution in [-0.4, -0.2) is 11.7 Å². The van der Waals surface area contributed by atoms with Gasteiger partial charge >= 0.3 is 0 Å². The molecular weight excluding hydrogens is 269 g/mol. The van der Waals surface area contributed by atoms with Crippen LogP contribution in [0.4, 0.5) is 0 Å². The Kier molecular flexibility index (Phi) is 4.22. The smallest absolute Gasteiger partial charge is 0.0867 e. The summed E-state index contributed by atoms with van der Waals surface area (Å²) in [6, 6.07) is 4.50. The van der Waals surface area contributed by atoms with Crippen LogP contribution in [0.2, 0.25) is 5.02 Å². The summed E-state index contributed by atoms with van der Waals surface area (Å²) in [5, 5.41) is 13.0. The summed E-state index contributed by atoms with van der Waals surface area (Å²) in [5.41, 5.74) is 9.00. The maximum Gasteiger partial charge on any atom is 0.0867 e. The van der Waals surface area contributed by atoms with Crippen molar-refractivity contribution in [2.24, 2.45) is 5.11 Å². The molecule has 0 fully saturated rings. The summed E-state index contributed by atoms with van der Waals surface area (Å²) in [4.78, 5) is 2.66. The number of hydrogen-bond acceptors (Lipinski definition) is 2. The lowest BCUT2D eigenvalue weighted by Crippen LogP contribution is -2.00. The molecule has 6 heteroatoms. The van der Waals surface area contributed by atoms with Gasteiger partial charge in [-0.1, -0.05) is 38.7 Å². The van der Waals surface area contributed by atoms with Gasteiger partial charge in [0.2, 0.25) is 0 Å². The topological polar surface area (TPSA) is 69.0 Å². The second-order valence-electron chi connectivity index (χ2n) is 2.57. The van der Waals surface area contributed by atoms with E-state index in [0.29, 0.717) is 5.02 Å². The van der Waals surface area contributed by atoms with Gasteiger partial charge in [0.1, 0.15) is 0 Å². The summed E-state index contributed by atoms with van der Waals surface area (Å²) < 4.78 is 0.719. The van der Waals surface area contributed by atoms with Crippen LogP contribution in [0.15, 0.2) is 27.8 Å². The molecule has 0 aliphatic rings. The van der Waals surface area contributed by atoms with E-state index >= 15 is 0 Å². The van der Waals surface area contributed by atoms with Crippen molar-refractivity contribution in [3.8, 4) is 0 Å². The third-order valence-corrected chi connectivity index (χ3v) is 2.61. The van der Waals surface area contributed by atoms with E-state index in [2.05, 4.69) is 26.0 Å². The van der Waals surface area contributed by atoms with E-state index < -0.39 is 6.04 Å². The highest BCUT2D eigenvalue weighted by Gasteiger charge is 2.11. The minimum absolute atomic E-state index is 0.232. The maximum atomic E-state index is 8.99. The standard InChI is InChI=1S/C8H7BrClN3O/c9-7-3-5(10)1-2-6(7)8(4-14)12-13-11/h1-3,8,14H,4H2. The first-order valence-corrected chi connectivity index (χ1v) is 4.96. The van der Waals surface area contributed by atoms with Gasteiger partial charge in [-0.05, 0) is 23.2 Å². The van der Waals surface area contributed by atoms with Crippen LogP contribution in [-0.2, 0) is 0 Å². The Labute approximate surface area is 94.3 Å². The van der Waals surface area contributed by atoms with Crippen LogP contribution in [0.1, 0.15) is 11.6 Å². The van der Waals surface area contributed by atoms with Crippen molar-refractivity contribution in [1.82, 2.24) is 0 Å². The van der Waals surface area contributed by atoms with Crippen LogP contribution in [0, 0.1) is 0 Å². The highest BCUT2D eigenvalue weighted by molar-refractivity contribution is 9.10. The molecule has 14 heavy (non-hydrogen) atoms. The van der Waals surface area contributed by atoms with Crippen LogP contribution in [0.5, 0.6) is 0 Å². The van der Waals surface area contributed by atoms with Crippen LogP contribution < -0.4 is 0 Å². The summed E-state index contributed by atoms with van der Waals surface area (Å²) in [6.45, 7) is -0.232. The molecule has 1 rings (SSSR count). The molecule has 0 saturated carbocycles. The molecule has 0 saturated heterocycles. The minimum atomic E-state index is -0.577. The zero-order valence-corrected chi connectivity index (χ0v) is 9.40. The first-order chi connectivity index (χ1) is 6.69. The average molecular weight is 277 g/mol. The lowest BCUT2D eigenvalue weighted by atomic mass is 10.1. The normalized spacial score (nSPS) is 11.9. The van der Waals surface area contributed by atoms with Gasteiger partial charge < -0.3 is 5.11 Å². The third kappa shape index (κ3) is 2.62. The molecule has 1 N–H and O–H groups in total. The second-order valence-corrected chi connectivity index (χ2v) is 3.86. The molecule has 4 nitrogen and oxygen atoms in total. The van der Waals surface area contributed by atoms with Crippen molar-refractivity contribution in [2.45, 2.75) is 6.04 Å². The Bertz CT molecular complexity index is 379. The zero-order chi connectivity index (χ0) is 10.6. The quantitative estimate of drug-likeness (QED) is 0.513. The first kappa shape index (κ1) is 11.3. The van der Waals surface area contributed by atoms with Gasteiger partial charge in [-0.3, -0.25) is 0 Å². The van der Waals surface area contributed by atoms with Crippen molar-refractivity contribution in [1.29, 1.82) is 0 Å². The van der Waals surface area contributed by atoms with Crippen molar-refractivity contribution >= 4 is 27.5 Å². The SMILES string of the molecule is [N-]=[N+]=NC(CO)c1ccc(Cl)cc1Br. The Hall–Kier alpha value is -0.740. The Morgan fingerprint density at radius 2 is 2.36 bits per heavy atom. The Balaban J connectivity index is 3.10. The minimum Gasteiger partial charge on any atom is -0.396 e. The van der Waals surface area contributed by atoms with Crippen LogP contribution >= 0.6 is 27.5 Å². The number of aliphatic hydroxyl groups excluding tert-OH is 1. The predicted molar refractivity (Wildman–Crippen MR) is 58.1 cm³/mol. The van der Waals surface area contributed by atoms with Gasteiger partial charge in [0.15, 0.2) is 0 Å². The number of halogens is 2. The number of aliphatic hydroxyl groups is 1. The molecule has 0 heterocycles. The number of azide groups is 1. The lowest BCUT2D eigenvalue weighted by Gasteiger charge is -2.10. The highest BCUT2D eigenvalue weighted by Crippen LogP contribution is 2.28. The van der Waals surface area contributed by atoms with Gasteiger partial charge in [0.05, 0.1) is 12.6 Å². The predicted octanol–water partition coefficient (Wildman–Crippen LogP) is 3.45. The highest BCUT2D eigenvalue weighted by atomic mass is 79.9. The largest absolute Gasteiger partial charge is 0.396 e. The number of nitrogens with zero attached hydrogens (tertiary/aromatic N) is 3. The van der Waals surface area contributed by atoms with Crippen molar-refractivity contribution in [3.63, 3.8) is 0 Å².